The quantitative estimate of drug-likeness (QED) is 0.511. The number of aldehydes is 1. The maximum atomic E-state index is 10.7. The molecule has 13 heavy (non-hydrogen) atoms. The molecule has 66 valence electrons. The highest BCUT2D eigenvalue weighted by Crippen LogP contribution is 2.32. The van der Waals surface area contributed by atoms with Crippen LogP contribution in [0, 0.1) is 7.14 Å². The molecule has 0 N–H and O–H groups in total. The lowest BCUT2D eigenvalue weighted by molar-refractivity contribution is 0.112. The second kappa shape index (κ2) is 3.82. The van der Waals surface area contributed by atoms with Gasteiger partial charge in [0.1, 0.15) is 0 Å². The SMILES string of the molecule is O=Cc1ccc(I)c2c(I)csc12. The molecule has 2 rings (SSSR count). The lowest BCUT2D eigenvalue weighted by Gasteiger charge is -1.97. The summed E-state index contributed by atoms with van der Waals surface area (Å²) in [5.41, 5.74) is 0.795. The monoisotopic (exact) mass is 414 g/mol. The number of rotatable bonds is 1. The third kappa shape index (κ3) is 1.63. The van der Waals surface area contributed by atoms with Crippen LogP contribution in [0.2, 0.25) is 0 Å². The minimum Gasteiger partial charge on any atom is -0.298 e. The summed E-state index contributed by atoms with van der Waals surface area (Å²) in [4.78, 5) is 10.7. The lowest BCUT2D eigenvalue weighted by atomic mass is 10.2. The average molecular weight is 414 g/mol. The Morgan fingerprint density at radius 1 is 1.23 bits per heavy atom. The first-order chi connectivity index (χ1) is 6.24. The Morgan fingerprint density at radius 3 is 2.69 bits per heavy atom. The van der Waals surface area contributed by atoms with Crippen LogP contribution in [0.1, 0.15) is 10.4 Å². The number of carbonyl (C=O) groups is 1. The van der Waals surface area contributed by atoms with Gasteiger partial charge in [-0.05, 0) is 57.3 Å². The summed E-state index contributed by atoms with van der Waals surface area (Å²) in [6.45, 7) is 0. The van der Waals surface area contributed by atoms with Crippen molar-refractivity contribution in [1.29, 1.82) is 0 Å². The molecule has 1 nitrogen and oxygen atoms in total. The van der Waals surface area contributed by atoms with Crippen molar-refractivity contribution in [2.24, 2.45) is 0 Å². The predicted molar refractivity (Wildman–Crippen MR) is 72.6 cm³/mol. The van der Waals surface area contributed by atoms with E-state index in [2.05, 4.69) is 50.6 Å². The molecule has 0 amide bonds. The zero-order chi connectivity index (χ0) is 9.42. The number of fused-ring (bicyclic) bond motifs is 1. The molecule has 0 aliphatic rings. The summed E-state index contributed by atoms with van der Waals surface area (Å²) >= 11 is 6.24. The fourth-order valence-electron chi connectivity index (χ4n) is 1.19. The molecule has 0 aliphatic heterocycles. The van der Waals surface area contributed by atoms with Crippen molar-refractivity contribution in [2.75, 3.05) is 0 Å². The largest absolute Gasteiger partial charge is 0.298 e. The van der Waals surface area contributed by atoms with Gasteiger partial charge in [0.25, 0.3) is 0 Å². The van der Waals surface area contributed by atoms with Gasteiger partial charge >= 0.3 is 0 Å². The normalized spacial score (nSPS) is 10.6. The molecule has 0 atom stereocenters. The molecule has 0 spiro atoms. The van der Waals surface area contributed by atoms with Gasteiger partial charge in [-0.3, -0.25) is 4.79 Å². The second-order valence-corrected chi connectivity index (χ2v) is 5.75. The molecule has 1 aromatic carbocycles. The zero-order valence-corrected chi connectivity index (χ0v) is 11.5. The van der Waals surface area contributed by atoms with Crippen molar-refractivity contribution >= 4 is 72.9 Å². The smallest absolute Gasteiger partial charge is 0.151 e. The number of benzene rings is 1. The Labute approximate surface area is 107 Å². The Morgan fingerprint density at radius 2 is 2.00 bits per heavy atom. The van der Waals surface area contributed by atoms with Gasteiger partial charge < -0.3 is 0 Å². The first kappa shape index (κ1) is 9.85. The predicted octanol–water partition coefficient (Wildman–Crippen LogP) is 3.92. The van der Waals surface area contributed by atoms with Crippen LogP contribution in [-0.4, -0.2) is 6.29 Å². The first-order valence-electron chi connectivity index (χ1n) is 3.54. The highest BCUT2D eigenvalue weighted by Gasteiger charge is 2.08. The van der Waals surface area contributed by atoms with E-state index in [1.165, 1.54) is 12.5 Å². The van der Waals surface area contributed by atoms with E-state index in [0.717, 1.165) is 16.5 Å². The van der Waals surface area contributed by atoms with Gasteiger partial charge in [0.15, 0.2) is 6.29 Å². The molecule has 1 aromatic heterocycles. The molecular formula is C9H4I2OS. The molecule has 0 aliphatic carbocycles. The minimum absolute atomic E-state index is 0.795. The van der Waals surface area contributed by atoms with Gasteiger partial charge in [-0.1, -0.05) is 0 Å². The standard InChI is InChI=1S/C9H4I2OS/c10-6-2-1-5(3-12)9-8(6)7(11)4-13-9/h1-4H. The van der Waals surface area contributed by atoms with E-state index in [0.29, 0.717) is 0 Å². The number of halogens is 2. The third-order valence-electron chi connectivity index (χ3n) is 1.78. The van der Waals surface area contributed by atoms with Crippen LogP contribution in [0.25, 0.3) is 10.1 Å². The molecule has 0 saturated heterocycles. The van der Waals surface area contributed by atoms with Gasteiger partial charge in [0, 0.05) is 28.2 Å². The van der Waals surface area contributed by atoms with Crippen molar-refractivity contribution in [3.8, 4) is 0 Å². The van der Waals surface area contributed by atoms with Crippen LogP contribution < -0.4 is 0 Å². The Balaban J connectivity index is 2.95. The number of hydrogen-bond acceptors (Lipinski definition) is 2. The fraction of sp³-hybridized carbons (Fsp3) is 0. The van der Waals surface area contributed by atoms with Crippen molar-refractivity contribution in [1.82, 2.24) is 0 Å². The van der Waals surface area contributed by atoms with Gasteiger partial charge in [0.05, 0.1) is 0 Å². The molecule has 0 fully saturated rings. The molecule has 2 aromatic rings. The number of hydrogen-bond donors (Lipinski definition) is 0. The van der Waals surface area contributed by atoms with Crippen molar-refractivity contribution in [3.05, 3.63) is 30.2 Å². The van der Waals surface area contributed by atoms with Crippen molar-refractivity contribution in [2.45, 2.75) is 0 Å². The molecule has 0 unspecified atom stereocenters. The topological polar surface area (TPSA) is 17.1 Å². The summed E-state index contributed by atoms with van der Waals surface area (Å²) in [6.07, 6.45) is 0.922. The van der Waals surface area contributed by atoms with Crippen LogP contribution in [0.5, 0.6) is 0 Å². The Kier molecular flexibility index (Phi) is 2.89. The molecule has 0 bridgehead atoms. The lowest BCUT2D eigenvalue weighted by Crippen LogP contribution is -1.82. The first-order valence-corrected chi connectivity index (χ1v) is 6.58. The zero-order valence-electron chi connectivity index (χ0n) is 6.38. The van der Waals surface area contributed by atoms with Crippen LogP contribution in [-0.2, 0) is 0 Å². The number of carbonyl (C=O) groups excluding carboxylic acids is 1. The molecule has 0 saturated carbocycles. The summed E-state index contributed by atoms with van der Waals surface area (Å²) in [7, 11) is 0. The fourth-order valence-corrected chi connectivity index (χ4v) is 4.68. The summed E-state index contributed by atoms with van der Waals surface area (Å²) in [5, 5.41) is 3.30. The second-order valence-electron chi connectivity index (χ2n) is 2.54. The average Bonchev–Trinajstić information content (AvgIpc) is 2.50. The maximum absolute atomic E-state index is 10.7. The molecule has 1 heterocycles. The van der Waals surface area contributed by atoms with Crippen molar-refractivity contribution in [3.63, 3.8) is 0 Å². The van der Waals surface area contributed by atoms with Gasteiger partial charge in [-0.25, -0.2) is 0 Å². The van der Waals surface area contributed by atoms with Crippen LogP contribution in [0.15, 0.2) is 17.5 Å². The third-order valence-corrected chi connectivity index (χ3v) is 4.98. The van der Waals surface area contributed by atoms with E-state index in [1.54, 1.807) is 11.3 Å². The van der Waals surface area contributed by atoms with E-state index >= 15 is 0 Å². The molecular weight excluding hydrogens is 410 g/mol. The Hall–Kier alpha value is 0.310. The van der Waals surface area contributed by atoms with Gasteiger partial charge in [-0.2, -0.15) is 0 Å². The van der Waals surface area contributed by atoms with E-state index in [1.807, 2.05) is 12.1 Å². The van der Waals surface area contributed by atoms with E-state index in [-0.39, 0.29) is 0 Å². The minimum atomic E-state index is 0.795. The van der Waals surface area contributed by atoms with Gasteiger partial charge in [0.2, 0.25) is 0 Å². The van der Waals surface area contributed by atoms with E-state index in [4.69, 9.17) is 0 Å². The van der Waals surface area contributed by atoms with E-state index < -0.39 is 0 Å². The van der Waals surface area contributed by atoms with Crippen LogP contribution >= 0.6 is 56.5 Å². The van der Waals surface area contributed by atoms with E-state index in [9.17, 15) is 4.79 Å². The Bertz CT molecular complexity index is 476. The summed E-state index contributed by atoms with van der Waals surface area (Å²) < 4.78 is 3.54. The number of thiophene rings is 1. The highest BCUT2D eigenvalue weighted by molar-refractivity contribution is 14.1. The van der Waals surface area contributed by atoms with Gasteiger partial charge in [-0.15, -0.1) is 11.3 Å². The molecule has 4 heteroatoms. The molecule has 0 radical (unpaired) electrons. The van der Waals surface area contributed by atoms with Crippen LogP contribution in [0.4, 0.5) is 0 Å². The van der Waals surface area contributed by atoms with Crippen molar-refractivity contribution < 1.29 is 4.79 Å². The summed E-state index contributed by atoms with van der Waals surface area (Å²) in [6, 6.07) is 3.87. The maximum Gasteiger partial charge on any atom is 0.151 e. The summed E-state index contributed by atoms with van der Waals surface area (Å²) in [5.74, 6) is 0. The van der Waals surface area contributed by atoms with Crippen LogP contribution in [0.3, 0.4) is 0 Å². The highest BCUT2D eigenvalue weighted by atomic mass is 127.